The van der Waals surface area contributed by atoms with Gasteiger partial charge in [0.2, 0.25) is 5.91 Å². The summed E-state index contributed by atoms with van der Waals surface area (Å²) in [6.45, 7) is 7.59. The molecule has 1 aliphatic heterocycles. The van der Waals surface area contributed by atoms with Gasteiger partial charge in [0, 0.05) is 19.1 Å². The smallest absolute Gasteiger partial charge is 0.262 e. The summed E-state index contributed by atoms with van der Waals surface area (Å²) in [5.41, 5.74) is 0.676. The average Bonchev–Trinajstić information content (AvgIpc) is 2.70. The van der Waals surface area contributed by atoms with Gasteiger partial charge in [-0.3, -0.25) is 14.2 Å². The zero-order valence-corrected chi connectivity index (χ0v) is 17.3. The van der Waals surface area contributed by atoms with Crippen LogP contribution < -0.4 is 5.56 Å². The molecular formula is C21H29N3O2S. The van der Waals surface area contributed by atoms with Gasteiger partial charge in [-0.2, -0.15) is 0 Å². The fourth-order valence-electron chi connectivity index (χ4n) is 3.82. The van der Waals surface area contributed by atoms with E-state index in [2.05, 4.69) is 6.92 Å². The number of carbonyl (C=O) groups excluding carboxylic acids is 1. The molecule has 2 aromatic rings. The molecule has 3 rings (SSSR count). The van der Waals surface area contributed by atoms with E-state index in [0.717, 1.165) is 32.2 Å². The zero-order chi connectivity index (χ0) is 19.4. The van der Waals surface area contributed by atoms with Gasteiger partial charge in [0.25, 0.3) is 5.56 Å². The summed E-state index contributed by atoms with van der Waals surface area (Å²) in [4.78, 5) is 32.7. The van der Waals surface area contributed by atoms with Gasteiger partial charge >= 0.3 is 0 Å². The highest BCUT2D eigenvalue weighted by atomic mass is 32.2. The second-order valence-electron chi connectivity index (χ2n) is 7.22. The lowest BCUT2D eigenvalue weighted by atomic mass is 10.00. The van der Waals surface area contributed by atoms with Crippen LogP contribution in [0.5, 0.6) is 0 Å². The normalized spacial score (nSPS) is 18.6. The number of hydrogen-bond acceptors (Lipinski definition) is 4. The van der Waals surface area contributed by atoms with E-state index in [0.29, 0.717) is 28.6 Å². The Morgan fingerprint density at radius 3 is 2.81 bits per heavy atom. The molecule has 1 amide bonds. The van der Waals surface area contributed by atoms with Crippen molar-refractivity contribution in [3.63, 3.8) is 0 Å². The molecule has 5 nitrogen and oxygen atoms in total. The average molecular weight is 388 g/mol. The van der Waals surface area contributed by atoms with Crippen LogP contribution in [-0.2, 0) is 11.3 Å². The van der Waals surface area contributed by atoms with Gasteiger partial charge in [0.05, 0.1) is 16.2 Å². The van der Waals surface area contributed by atoms with Crippen molar-refractivity contribution < 1.29 is 4.79 Å². The van der Waals surface area contributed by atoms with Gasteiger partial charge in [0.15, 0.2) is 5.16 Å². The highest BCUT2D eigenvalue weighted by Crippen LogP contribution is 2.27. The molecule has 0 radical (unpaired) electrons. The number of amides is 1. The molecule has 2 heterocycles. The predicted molar refractivity (Wildman–Crippen MR) is 111 cm³/mol. The lowest BCUT2D eigenvalue weighted by molar-refractivity contribution is -0.134. The Hall–Kier alpha value is -1.82. The first-order valence-corrected chi connectivity index (χ1v) is 10.9. The van der Waals surface area contributed by atoms with Crippen LogP contribution in [0.4, 0.5) is 0 Å². The van der Waals surface area contributed by atoms with Crippen molar-refractivity contribution in [2.75, 3.05) is 6.54 Å². The van der Waals surface area contributed by atoms with Gasteiger partial charge in [-0.05, 0) is 51.2 Å². The molecule has 1 saturated heterocycles. The molecule has 0 spiro atoms. The first kappa shape index (κ1) is 19.9. The van der Waals surface area contributed by atoms with Gasteiger partial charge in [-0.15, -0.1) is 0 Å². The van der Waals surface area contributed by atoms with Crippen LogP contribution in [0.15, 0.2) is 34.2 Å². The molecular weight excluding hydrogens is 358 g/mol. The van der Waals surface area contributed by atoms with Gasteiger partial charge in [0.1, 0.15) is 0 Å². The summed E-state index contributed by atoms with van der Waals surface area (Å²) in [7, 11) is 0. The molecule has 1 aromatic heterocycles. The molecule has 2 unspecified atom stereocenters. The fourth-order valence-corrected chi connectivity index (χ4v) is 4.82. The van der Waals surface area contributed by atoms with Crippen LogP contribution in [0.25, 0.3) is 10.9 Å². The minimum atomic E-state index is -0.256. The quantitative estimate of drug-likeness (QED) is 0.554. The minimum Gasteiger partial charge on any atom is -0.339 e. The number of hydrogen-bond donors (Lipinski definition) is 0. The van der Waals surface area contributed by atoms with Crippen LogP contribution in [0.3, 0.4) is 0 Å². The Balaban J connectivity index is 1.89. The lowest BCUT2D eigenvalue weighted by Crippen LogP contribution is -2.46. The molecule has 146 valence electrons. The Morgan fingerprint density at radius 1 is 1.30 bits per heavy atom. The third kappa shape index (κ3) is 4.21. The monoisotopic (exact) mass is 387 g/mol. The zero-order valence-electron chi connectivity index (χ0n) is 16.5. The molecule has 0 aliphatic carbocycles. The molecule has 27 heavy (non-hydrogen) atoms. The van der Waals surface area contributed by atoms with Crippen LogP contribution in [0.1, 0.15) is 52.9 Å². The summed E-state index contributed by atoms with van der Waals surface area (Å²) < 4.78 is 1.73. The topological polar surface area (TPSA) is 55.2 Å². The maximum absolute atomic E-state index is 13.1. The van der Waals surface area contributed by atoms with Crippen molar-refractivity contribution >= 4 is 28.6 Å². The number of para-hydroxylation sites is 1. The van der Waals surface area contributed by atoms with E-state index in [1.807, 2.05) is 43.0 Å². The maximum Gasteiger partial charge on any atom is 0.262 e. The van der Waals surface area contributed by atoms with E-state index in [1.54, 1.807) is 4.57 Å². The van der Waals surface area contributed by atoms with Crippen molar-refractivity contribution in [2.24, 2.45) is 0 Å². The number of benzene rings is 1. The Kier molecular flexibility index (Phi) is 6.58. The number of likely N-dealkylation sites (tertiary alicyclic amines) is 1. The minimum absolute atomic E-state index is 0.0194. The van der Waals surface area contributed by atoms with Crippen LogP contribution in [-0.4, -0.2) is 38.2 Å². The van der Waals surface area contributed by atoms with Gasteiger partial charge in [-0.1, -0.05) is 37.7 Å². The maximum atomic E-state index is 13.1. The molecule has 1 fully saturated rings. The first-order chi connectivity index (χ1) is 13.1. The van der Waals surface area contributed by atoms with E-state index in [9.17, 15) is 9.59 Å². The molecule has 0 saturated carbocycles. The van der Waals surface area contributed by atoms with Crippen LogP contribution in [0, 0.1) is 0 Å². The predicted octanol–water partition coefficient (Wildman–Crippen LogP) is 4.08. The number of thioether (sulfide) groups is 1. The Morgan fingerprint density at radius 2 is 2.07 bits per heavy atom. The van der Waals surface area contributed by atoms with Crippen molar-refractivity contribution in [1.82, 2.24) is 14.5 Å². The van der Waals surface area contributed by atoms with Crippen molar-refractivity contribution in [1.29, 1.82) is 0 Å². The van der Waals surface area contributed by atoms with Gasteiger partial charge in [-0.25, -0.2) is 4.98 Å². The molecule has 1 aromatic carbocycles. The SMILES string of the molecule is CCCn1c(SC(C)C(=O)N2CCCCC2CC)nc2ccccc2c1=O. The molecule has 1 aliphatic rings. The van der Waals surface area contributed by atoms with E-state index in [4.69, 9.17) is 4.98 Å². The highest BCUT2D eigenvalue weighted by molar-refractivity contribution is 8.00. The Bertz CT molecular complexity index is 864. The first-order valence-electron chi connectivity index (χ1n) is 10.0. The molecule has 6 heteroatoms. The summed E-state index contributed by atoms with van der Waals surface area (Å²) in [5.74, 6) is 0.164. The van der Waals surface area contributed by atoms with E-state index < -0.39 is 0 Å². The summed E-state index contributed by atoms with van der Waals surface area (Å²) in [5, 5.41) is 1.02. The lowest BCUT2D eigenvalue weighted by Gasteiger charge is -2.36. The third-order valence-corrected chi connectivity index (χ3v) is 6.36. The van der Waals surface area contributed by atoms with Crippen molar-refractivity contribution in [3.05, 3.63) is 34.6 Å². The number of rotatable bonds is 6. The van der Waals surface area contributed by atoms with Crippen LogP contribution in [0.2, 0.25) is 0 Å². The standard InChI is InChI=1S/C21H29N3O2S/c1-4-13-24-20(26)17-11-6-7-12-18(17)22-21(24)27-15(3)19(25)23-14-9-8-10-16(23)5-2/h6-7,11-12,15-16H,4-5,8-10,13-14H2,1-3H3. The molecule has 2 atom stereocenters. The van der Waals surface area contributed by atoms with Crippen LogP contribution >= 0.6 is 11.8 Å². The van der Waals surface area contributed by atoms with Gasteiger partial charge < -0.3 is 4.90 Å². The largest absolute Gasteiger partial charge is 0.339 e. The number of carbonyl (C=O) groups is 1. The molecule has 0 bridgehead atoms. The van der Waals surface area contributed by atoms with Crippen molar-refractivity contribution in [2.45, 2.75) is 75.9 Å². The summed E-state index contributed by atoms with van der Waals surface area (Å²) in [6, 6.07) is 7.78. The second kappa shape index (κ2) is 8.91. The van der Waals surface area contributed by atoms with E-state index >= 15 is 0 Å². The molecule has 0 N–H and O–H groups in total. The second-order valence-corrected chi connectivity index (χ2v) is 8.53. The highest BCUT2D eigenvalue weighted by Gasteiger charge is 2.30. The number of aromatic nitrogens is 2. The van der Waals surface area contributed by atoms with E-state index in [1.165, 1.54) is 18.2 Å². The number of piperidine rings is 1. The Labute approximate surface area is 165 Å². The van der Waals surface area contributed by atoms with E-state index in [-0.39, 0.29) is 16.7 Å². The summed E-state index contributed by atoms with van der Waals surface area (Å²) in [6.07, 6.45) is 5.21. The fraction of sp³-hybridized carbons (Fsp3) is 0.571. The number of fused-ring (bicyclic) bond motifs is 1. The third-order valence-electron chi connectivity index (χ3n) is 5.29. The summed E-state index contributed by atoms with van der Waals surface area (Å²) >= 11 is 1.41. The van der Waals surface area contributed by atoms with Crippen molar-refractivity contribution in [3.8, 4) is 0 Å². The number of nitrogens with zero attached hydrogens (tertiary/aromatic N) is 3.